The van der Waals surface area contributed by atoms with Crippen molar-refractivity contribution in [2.45, 2.75) is 45.1 Å². The molecule has 0 heterocycles. The number of benzene rings is 1. The Kier molecular flexibility index (Phi) is 4.68. The zero-order valence-corrected chi connectivity index (χ0v) is 12.0. The van der Waals surface area contributed by atoms with Crippen LogP contribution in [0.4, 0.5) is 0 Å². The molecule has 0 aromatic heterocycles. The first kappa shape index (κ1) is 14.5. The molecule has 1 fully saturated rings. The largest absolute Gasteiger partial charge is 0.507 e. The molecule has 1 aromatic carbocycles. The number of hydrogen-bond acceptors (Lipinski definition) is 3. The predicted octanol–water partition coefficient (Wildman–Crippen LogP) is 3.82. The molecule has 20 heavy (non-hydrogen) atoms. The maximum atomic E-state index is 9.69. The monoisotopic (exact) mass is 270 g/mol. The Morgan fingerprint density at radius 2 is 2.00 bits per heavy atom. The highest BCUT2D eigenvalue weighted by Gasteiger charge is 2.35. The molecule has 0 unspecified atom stereocenters. The highest BCUT2D eigenvalue weighted by atomic mass is 16.3. The summed E-state index contributed by atoms with van der Waals surface area (Å²) < 4.78 is 0. The van der Waals surface area contributed by atoms with Gasteiger partial charge in [-0.1, -0.05) is 44.4 Å². The molecule has 3 heteroatoms. The third-order valence-electron chi connectivity index (χ3n) is 4.28. The van der Waals surface area contributed by atoms with Crippen molar-refractivity contribution in [3.05, 3.63) is 36.0 Å². The highest BCUT2D eigenvalue weighted by Crippen LogP contribution is 2.38. The van der Waals surface area contributed by atoms with Crippen molar-refractivity contribution < 1.29 is 5.11 Å². The predicted molar refractivity (Wildman–Crippen MR) is 80.9 cm³/mol. The molecule has 0 bridgehead atoms. The van der Waals surface area contributed by atoms with Crippen molar-refractivity contribution in [1.29, 1.82) is 5.26 Å². The van der Waals surface area contributed by atoms with Crippen molar-refractivity contribution in [2.24, 2.45) is 5.41 Å². The lowest BCUT2D eigenvalue weighted by Gasteiger charge is -2.37. The summed E-state index contributed by atoms with van der Waals surface area (Å²) in [6.07, 6.45) is 9.49. The quantitative estimate of drug-likeness (QED) is 0.874. The smallest absolute Gasteiger partial charge is 0.122 e. The Bertz CT molecular complexity index is 510. The average molecular weight is 270 g/mol. The topological polar surface area (TPSA) is 56.0 Å². The molecule has 0 amide bonds. The van der Waals surface area contributed by atoms with Crippen molar-refractivity contribution >= 4 is 6.08 Å². The van der Waals surface area contributed by atoms with Crippen LogP contribution in [0, 0.1) is 16.7 Å². The number of phenols is 1. The van der Waals surface area contributed by atoms with E-state index in [-0.39, 0.29) is 17.2 Å². The van der Waals surface area contributed by atoms with Gasteiger partial charge in [0.05, 0.1) is 6.07 Å². The fourth-order valence-electron chi connectivity index (χ4n) is 2.91. The van der Waals surface area contributed by atoms with Crippen LogP contribution in [0.2, 0.25) is 0 Å². The maximum Gasteiger partial charge on any atom is 0.122 e. The first-order chi connectivity index (χ1) is 9.65. The fourth-order valence-corrected chi connectivity index (χ4v) is 2.91. The van der Waals surface area contributed by atoms with Crippen molar-refractivity contribution in [3.8, 4) is 11.8 Å². The minimum Gasteiger partial charge on any atom is -0.507 e. The minimum atomic E-state index is -0.176. The lowest BCUT2D eigenvalue weighted by atomic mass is 9.71. The van der Waals surface area contributed by atoms with Gasteiger partial charge in [0.2, 0.25) is 0 Å². The maximum absolute atomic E-state index is 9.69. The Balaban J connectivity index is 2.01. The van der Waals surface area contributed by atoms with Crippen LogP contribution in [0.3, 0.4) is 0 Å². The van der Waals surface area contributed by atoms with E-state index in [0.29, 0.717) is 0 Å². The summed E-state index contributed by atoms with van der Waals surface area (Å²) in [5.74, 6) is 0.253. The molecule has 0 aliphatic heterocycles. The molecule has 0 spiro atoms. The summed E-state index contributed by atoms with van der Waals surface area (Å²) in [6, 6.07) is 9.38. The number of nitriles is 1. The lowest BCUT2D eigenvalue weighted by molar-refractivity contribution is 0.183. The van der Waals surface area contributed by atoms with Gasteiger partial charge in [-0.15, -0.1) is 0 Å². The lowest BCUT2D eigenvalue weighted by Crippen LogP contribution is -2.41. The van der Waals surface area contributed by atoms with E-state index >= 15 is 0 Å². The average Bonchev–Trinajstić information content (AvgIpc) is 2.46. The van der Waals surface area contributed by atoms with Crippen LogP contribution in [-0.4, -0.2) is 11.1 Å². The summed E-state index contributed by atoms with van der Waals surface area (Å²) in [4.78, 5) is 0. The number of phenolic OH excluding ortho intramolecular Hbond substituents is 1. The summed E-state index contributed by atoms with van der Waals surface area (Å²) in [7, 11) is 0. The zero-order chi connectivity index (χ0) is 14.4. The van der Waals surface area contributed by atoms with Crippen LogP contribution in [0.1, 0.15) is 44.6 Å². The van der Waals surface area contributed by atoms with Crippen LogP contribution in [0.15, 0.2) is 30.5 Å². The van der Waals surface area contributed by atoms with Crippen LogP contribution in [0.25, 0.3) is 6.08 Å². The van der Waals surface area contributed by atoms with Gasteiger partial charge < -0.3 is 10.4 Å². The van der Waals surface area contributed by atoms with Crippen molar-refractivity contribution in [1.82, 2.24) is 5.32 Å². The van der Waals surface area contributed by atoms with Gasteiger partial charge in [0, 0.05) is 11.0 Å². The second-order valence-electron chi connectivity index (χ2n) is 5.84. The van der Waals surface area contributed by atoms with Gasteiger partial charge >= 0.3 is 0 Å². The van der Waals surface area contributed by atoms with Gasteiger partial charge in [-0.3, -0.25) is 0 Å². The third-order valence-corrected chi connectivity index (χ3v) is 4.28. The molecule has 2 rings (SSSR count). The van der Waals surface area contributed by atoms with Gasteiger partial charge in [-0.05, 0) is 31.2 Å². The number of aromatic hydroxyl groups is 1. The van der Waals surface area contributed by atoms with Crippen LogP contribution >= 0.6 is 0 Å². The second-order valence-corrected chi connectivity index (χ2v) is 5.84. The molecular weight excluding hydrogens is 248 g/mol. The van der Waals surface area contributed by atoms with E-state index in [2.05, 4.69) is 18.3 Å². The summed E-state index contributed by atoms with van der Waals surface area (Å²) in [5, 5.41) is 22.3. The van der Waals surface area contributed by atoms with Crippen LogP contribution < -0.4 is 5.32 Å². The summed E-state index contributed by atoms with van der Waals surface area (Å²) >= 11 is 0. The second kappa shape index (κ2) is 6.47. The molecule has 2 N–H and O–H groups in total. The van der Waals surface area contributed by atoms with E-state index < -0.39 is 0 Å². The van der Waals surface area contributed by atoms with Crippen molar-refractivity contribution in [2.75, 3.05) is 0 Å². The minimum absolute atomic E-state index is 0.0517. The Morgan fingerprint density at radius 3 is 2.65 bits per heavy atom. The molecule has 0 radical (unpaired) electrons. The van der Waals surface area contributed by atoms with E-state index in [4.69, 9.17) is 0 Å². The molecule has 1 saturated carbocycles. The van der Waals surface area contributed by atoms with Gasteiger partial charge in [0.25, 0.3) is 0 Å². The first-order valence-corrected chi connectivity index (χ1v) is 7.26. The standard InChI is InChI=1S/C17H22N2O/c1-17(10-5-2-6-11-17)16(13-18)19-12-9-14-7-3-4-8-15(14)20/h3-4,7-9,12,16,19-20H,2,5-6,10-11H2,1H3/t16-/m0/s1. The SMILES string of the molecule is CC1([C@H](C#N)NC=Cc2ccccc2O)CCCCC1. The first-order valence-electron chi connectivity index (χ1n) is 7.26. The number of hydrogen-bond donors (Lipinski definition) is 2. The van der Waals surface area contributed by atoms with Gasteiger partial charge in [0.1, 0.15) is 11.8 Å². The Morgan fingerprint density at radius 1 is 1.30 bits per heavy atom. The van der Waals surface area contributed by atoms with E-state index in [9.17, 15) is 10.4 Å². The molecular formula is C17H22N2O. The van der Waals surface area contributed by atoms with Gasteiger partial charge in [-0.2, -0.15) is 5.26 Å². The molecule has 1 aromatic rings. The fraction of sp³-hybridized carbons (Fsp3) is 0.471. The van der Waals surface area contributed by atoms with E-state index in [0.717, 1.165) is 18.4 Å². The molecule has 106 valence electrons. The van der Waals surface area contributed by atoms with E-state index in [1.807, 2.05) is 18.2 Å². The molecule has 1 atom stereocenters. The van der Waals surface area contributed by atoms with Gasteiger partial charge in [0.15, 0.2) is 0 Å². The molecule has 3 nitrogen and oxygen atoms in total. The Hall–Kier alpha value is -1.95. The molecule has 0 saturated heterocycles. The van der Waals surface area contributed by atoms with Crippen LogP contribution in [-0.2, 0) is 0 Å². The van der Waals surface area contributed by atoms with Crippen molar-refractivity contribution in [3.63, 3.8) is 0 Å². The molecule has 1 aliphatic rings. The van der Waals surface area contributed by atoms with E-state index in [1.165, 1.54) is 19.3 Å². The Labute approximate surface area is 120 Å². The van der Waals surface area contributed by atoms with Crippen LogP contribution in [0.5, 0.6) is 5.75 Å². The number of nitrogens with one attached hydrogen (secondary N) is 1. The third kappa shape index (κ3) is 3.33. The number of nitrogens with zero attached hydrogens (tertiary/aromatic N) is 1. The zero-order valence-electron chi connectivity index (χ0n) is 12.0. The van der Waals surface area contributed by atoms with Gasteiger partial charge in [-0.25, -0.2) is 0 Å². The summed E-state index contributed by atoms with van der Waals surface area (Å²) in [6.45, 7) is 2.20. The van der Waals surface area contributed by atoms with E-state index in [1.54, 1.807) is 18.3 Å². The summed E-state index contributed by atoms with van der Waals surface area (Å²) in [5.41, 5.74) is 0.807. The number of para-hydroxylation sites is 1. The molecule has 1 aliphatic carbocycles. The normalized spacial score (nSPS) is 19.4. The highest BCUT2D eigenvalue weighted by molar-refractivity contribution is 5.56. The number of rotatable bonds is 4.